The van der Waals surface area contributed by atoms with Gasteiger partial charge in [0.15, 0.2) is 5.11 Å². The smallest absolute Gasteiger partial charge is 0.257 e. The zero-order valence-corrected chi connectivity index (χ0v) is 13.9. The second-order valence-electron chi connectivity index (χ2n) is 4.44. The third-order valence-corrected chi connectivity index (χ3v) is 3.87. The van der Waals surface area contributed by atoms with E-state index >= 15 is 0 Å². The van der Waals surface area contributed by atoms with Crippen molar-refractivity contribution in [3.8, 4) is 0 Å². The predicted octanol–water partition coefficient (Wildman–Crippen LogP) is 4.14. The Morgan fingerprint density at radius 3 is 2.43 bits per heavy atom. The van der Waals surface area contributed by atoms with Gasteiger partial charge in [0.1, 0.15) is 0 Å². The standard InChI is InChI=1S/C16H15BrN2OS/c1-2-11-7-9-12(10-8-11)15(20)19-16(21)18-14-6-4-3-5-13(14)17/h3-10H,2H2,1H3,(H2,18,19,20,21). The van der Waals surface area contributed by atoms with Crippen molar-refractivity contribution >= 4 is 44.9 Å². The molecule has 0 aromatic heterocycles. The van der Waals surface area contributed by atoms with Gasteiger partial charge in [-0.1, -0.05) is 31.2 Å². The third-order valence-electron chi connectivity index (χ3n) is 2.97. The summed E-state index contributed by atoms with van der Waals surface area (Å²) in [5.74, 6) is -0.220. The second-order valence-corrected chi connectivity index (χ2v) is 5.70. The van der Waals surface area contributed by atoms with Gasteiger partial charge in [0.25, 0.3) is 5.91 Å². The molecule has 5 heteroatoms. The number of rotatable bonds is 3. The fraction of sp³-hybridized carbons (Fsp3) is 0.125. The lowest BCUT2D eigenvalue weighted by molar-refractivity contribution is 0.0977. The summed E-state index contributed by atoms with van der Waals surface area (Å²) in [5, 5.41) is 5.93. The summed E-state index contributed by atoms with van der Waals surface area (Å²) in [4.78, 5) is 12.1. The number of carbonyl (C=O) groups excluding carboxylic acids is 1. The van der Waals surface area contributed by atoms with Crippen LogP contribution >= 0.6 is 28.1 Å². The number of halogens is 1. The van der Waals surface area contributed by atoms with Crippen LogP contribution in [0.15, 0.2) is 53.0 Å². The number of nitrogens with one attached hydrogen (secondary N) is 2. The number of anilines is 1. The van der Waals surface area contributed by atoms with Crippen LogP contribution in [0.1, 0.15) is 22.8 Å². The lowest BCUT2D eigenvalue weighted by atomic mass is 10.1. The minimum absolute atomic E-state index is 0.220. The lowest BCUT2D eigenvalue weighted by Crippen LogP contribution is -2.34. The highest BCUT2D eigenvalue weighted by atomic mass is 79.9. The Bertz CT molecular complexity index is 656. The highest BCUT2D eigenvalue weighted by molar-refractivity contribution is 9.10. The van der Waals surface area contributed by atoms with Gasteiger partial charge in [0.05, 0.1) is 5.69 Å². The second kappa shape index (κ2) is 7.33. The van der Waals surface area contributed by atoms with Gasteiger partial charge in [0, 0.05) is 10.0 Å². The fourth-order valence-electron chi connectivity index (χ4n) is 1.78. The molecule has 0 aliphatic carbocycles. The number of hydrogen-bond acceptors (Lipinski definition) is 2. The van der Waals surface area contributed by atoms with E-state index in [0.717, 1.165) is 16.6 Å². The Balaban J connectivity index is 1.98. The Morgan fingerprint density at radius 1 is 1.14 bits per heavy atom. The van der Waals surface area contributed by atoms with Crippen LogP contribution in [0.2, 0.25) is 0 Å². The first kappa shape index (κ1) is 15.7. The van der Waals surface area contributed by atoms with Gasteiger partial charge in [-0.2, -0.15) is 0 Å². The molecule has 0 saturated heterocycles. The molecule has 2 N–H and O–H groups in total. The molecule has 2 rings (SSSR count). The van der Waals surface area contributed by atoms with Crippen molar-refractivity contribution in [3.05, 3.63) is 64.1 Å². The maximum atomic E-state index is 12.1. The van der Waals surface area contributed by atoms with Gasteiger partial charge >= 0.3 is 0 Å². The molecular formula is C16H15BrN2OS. The molecule has 1 amide bonds. The number of thiocarbonyl (C=S) groups is 1. The summed E-state index contributed by atoms with van der Waals surface area (Å²) in [5.41, 5.74) is 2.59. The molecule has 2 aromatic rings. The quantitative estimate of drug-likeness (QED) is 0.806. The van der Waals surface area contributed by atoms with Crippen LogP contribution in [0.3, 0.4) is 0 Å². The Hall–Kier alpha value is -1.72. The van der Waals surface area contributed by atoms with E-state index in [4.69, 9.17) is 12.2 Å². The van der Waals surface area contributed by atoms with Crippen LogP contribution in [-0.2, 0) is 6.42 Å². The average molecular weight is 363 g/mol. The summed E-state index contributed by atoms with van der Waals surface area (Å²) in [6.45, 7) is 2.08. The summed E-state index contributed by atoms with van der Waals surface area (Å²) in [6.07, 6.45) is 0.948. The van der Waals surface area contributed by atoms with E-state index in [0.29, 0.717) is 5.56 Å². The summed E-state index contributed by atoms with van der Waals surface area (Å²) < 4.78 is 0.883. The van der Waals surface area contributed by atoms with Crippen LogP contribution in [0.4, 0.5) is 5.69 Å². The van der Waals surface area contributed by atoms with Crippen molar-refractivity contribution in [2.45, 2.75) is 13.3 Å². The predicted molar refractivity (Wildman–Crippen MR) is 93.6 cm³/mol. The highest BCUT2D eigenvalue weighted by Crippen LogP contribution is 2.20. The number of para-hydroxylation sites is 1. The van der Waals surface area contributed by atoms with Crippen molar-refractivity contribution < 1.29 is 4.79 Å². The summed E-state index contributed by atoms with van der Waals surface area (Å²) in [7, 11) is 0. The molecular weight excluding hydrogens is 348 g/mol. The third kappa shape index (κ3) is 4.37. The maximum absolute atomic E-state index is 12.1. The van der Waals surface area contributed by atoms with Gasteiger partial charge in [-0.05, 0) is 64.4 Å². The van der Waals surface area contributed by atoms with Crippen LogP contribution in [0.25, 0.3) is 0 Å². The SMILES string of the molecule is CCc1ccc(C(=O)NC(=S)Nc2ccccc2Br)cc1. The minimum atomic E-state index is -0.220. The molecule has 0 bridgehead atoms. The van der Waals surface area contributed by atoms with Gasteiger partial charge in [-0.15, -0.1) is 0 Å². The van der Waals surface area contributed by atoms with Gasteiger partial charge in [-0.25, -0.2) is 0 Å². The van der Waals surface area contributed by atoms with E-state index in [1.807, 2.05) is 36.4 Å². The number of carbonyl (C=O) groups is 1. The Kier molecular flexibility index (Phi) is 5.47. The van der Waals surface area contributed by atoms with E-state index < -0.39 is 0 Å². The normalized spacial score (nSPS) is 10.0. The number of amides is 1. The molecule has 0 atom stereocenters. The molecule has 2 aromatic carbocycles. The molecule has 0 spiro atoms. The van der Waals surface area contributed by atoms with Crippen molar-refractivity contribution in [2.24, 2.45) is 0 Å². The molecule has 0 radical (unpaired) electrons. The van der Waals surface area contributed by atoms with Crippen molar-refractivity contribution in [2.75, 3.05) is 5.32 Å². The molecule has 3 nitrogen and oxygen atoms in total. The van der Waals surface area contributed by atoms with Gasteiger partial charge in [-0.3, -0.25) is 10.1 Å². The van der Waals surface area contributed by atoms with E-state index in [2.05, 4.69) is 33.5 Å². The maximum Gasteiger partial charge on any atom is 0.257 e. The molecule has 108 valence electrons. The van der Waals surface area contributed by atoms with E-state index in [1.54, 1.807) is 12.1 Å². The lowest BCUT2D eigenvalue weighted by Gasteiger charge is -2.11. The van der Waals surface area contributed by atoms with Crippen LogP contribution in [-0.4, -0.2) is 11.0 Å². The van der Waals surface area contributed by atoms with E-state index in [1.165, 1.54) is 5.56 Å². The average Bonchev–Trinajstić information content (AvgIpc) is 2.49. The van der Waals surface area contributed by atoms with Crippen LogP contribution in [0, 0.1) is 0 Å². The largest absolute Gasteiger partial charge is 0.331 e. The first-order valence-electron chi connectivity index (χ1n) is 6.56. The van der Waals surface area contributed by atoms with Crippen molar-refractivity contribution in [3.63, 3.8) is 0 Å². The van der Waals surface area contributed by atoms with E-state index in [9.17, 15) is 4.79 Å². The number of benzene rings is 2. The molecule has 0 saturated carbocycles. The topological polar surface area (TPSA) is 41.1 Å². The molecule has 0 aliphatic rings. The first-order chi connectivity index (χ1) is 10.1. The first-order valence-corrected chi connectivity index (χ1v) is 7.76. The van der Waals surface area contributed by atoms with Crippen LogP contribution in [0.5, 0.6) is 0 Å². The molecule has 21 heavy (non-hydrogen) atoms. The minimum Gasteiger partial charge on any atom is -0.331 e. The fourth-order valence-corrected chi connectivity index (χ4v) is 2.37. The molecule has 0 aliphatic heterocycles. The van der Waals surface area contributed by atoms with Crippen molar-refractivity contribution in [1.82, 2.24) is 5.32 Å². The van der Waals surface area contributed by atoms with E-state index in [-0.39, 0.29) is 11.0 Å². The van der Waals surface area contributed by atoms with Crippen molar-refractivity contribution in [1.29, 1.82) is 0 Å². The van der Waals surface area contributed by atoms with Gasteiger partial charge in [0.2, 0.25) is 0 Å². The number of hydrogen-bond donors (Lipinski definition) is 2. The molecule has 0 heterocycles. The summed E-state index contributed by atoms with van der Waals surface area (Å²) >= 11 is 8.57. The highest BCUT2D eigenvalue weighted by Gasteiger charge is 2.08. The number of aryl methyl sites for hydroxylation is 1. The Morgan fingerprint density at radius 2 is 1.81 bits per heavy atom. The zero-order chi connectivity index (χ0) is 15.2. The monoisotopic (exact) mass is 362 g/mol. The molecule has 0 fully saturated rings. The van der Waals surface area contributed by atoms with Crippen LogP contribution < -0.4 is 10.6 Å². The van der Waals surface area contributed by atoms with Gasteiger partial charge < -0.3 is 5.32 Å². The molecule has 0 unspecified atom stereocenters. The summed E-state index contributed by atoms with van der Waals surface area (Å²) in [6, 6.07) is 15.1. The Labute approximate surface area is 137 Å². The zero-order valence-electron chi connectivity index (χ0n) is 11.5.